The fourth-order valence-electron chi connectivity index (χ4n) is 8.00. The van der Waals surface area contributed by atoms with E-state index >= 15 is 0 Å². The lowest BCUT2D eigenvalue weighted by Crippen LogP contribution is -1.96. The average molecular weight is 677 g/mol. The topological polar surface area (TPSA) is 9.86 Å². The van der Waals surface area contributed by atoms with E-state index in [0.717, 1.165) is 0 Å². The first-order valence-electron chi connectivity index (χ1n) is 18.3. The van der Waals surface area contributed by atoms with E-state index in [0.29, 0.717) is 0 Å². The van der Waals surface area contributed by atoms with Crippen molar-refractivity contribution < 1.29 is 0 Å². The van der Waals surface area contributed by atoms with Crippen molar-refractivity contribution in [3.05, 3.63) is 205 Å². The average Bonchev–Trinajstić information content (AvgIpc) is 3.73. The molecule has 0 N–H and O–H groups in total. The van der Waals surface area contributed by atoms with Gasteiger partial charge in [0.05, 0.1) is 22.1 Å². The molecule has 0 radical (unpaired) electrons. The standard InChI is InChI=1S/C51H36N2/c1-35-11-5-8-16-47(35)53-49-18-10-7-15-44(49)46-34-41(30-32-51(46)53)39-27-23-37(24-28-39)20-19-36-21-25-38(26-22-36)40-29-31-50-45(33-40)43-14-6-9-17-48(43)52(50)42-12-3-2-4-13-42/h2-34H,1H3/b20-19+. The van der Waals surface area contributed by atoms with E-state index in [-0.39, 0.29) is 0 Å². The predicted molar refractivity (Wildman–Crippen MR) is 226 cm³/mol. The molecule has 10 rings (SSSR count). The van der Waals surface area contributed by atoms with Gasteiger partial charge in [-0.2, -0.15) is 0 Å². The smallest absolute Gasteiger partial charge is 0.0541 e. The van der Waals surface area contributed by atoms with Crippen LogP contribution >= 0.6 is 0 Å². The maximum Gasteiger partial charge on any atom is 0.0541 e. The molecule has 0 atom stereocenters. The number of aromatic nitrogens is 2. The van der Waals surface area contributed by atoms with Crippen LogP contribution in [0.25, 0.3) is 89.4 Å². The quantitative estimate of drug-likeness (QED) is 0.155. The van der Waals surface area contributed by atoms with Crippen molar-refractivity contribution in [1.82, 2.24) is 9.13 Å². The van der Waals surface area contributed by atoms with Crippen molar-refractivity contribution in [1.29, 1.82) is 0 Å². The van der Waals surface area contributed by atoms with E-state index in [1.54, 1.807) is 0 Å². The monoisotopic (exact) mass is 676 g/mol. The van der Waals surface area contributed by atoms with Gasteiger partial charge >= 0.3 is 0 Å². The molecule has 2 nitrogen and oxygen atoms in total. The summed E-state index contributed by atoms with van der Waals surface area (Å²) < 4.78 is 4.76. The van der Waals surface area contributed by atoms with E-state index in [2.05, 4.69) is 216 Å². The molecule has 2 heterocycles. The summed E-state index contributed by atoms with van der Waals surface area (Å²) in [7, 11) is 0. The molecule has 0 amide bonds. The lowest BCUT2D eigenvalue weighted by Gasteiger charge is -2.11. The van der Waals surface area contributed by atoms with Gasteiger partial charge in [-0.3, -0.25) is 0 Å². The minimum absolute atomic E-state index is 1.18. The Morgan fingerprint density at radius 2 is 0.774 bits per heavy atom. The van der Waals surface area contributed by atoms with Gasteiger partial charge in [0.2, 0.25) is 0 Å². The summed E-state index contributed by atoms with van der Waals surface area (Å²) in [6, 6.07) is 68.1. The molecule has 0 unspecified atom stereocenters. The number of hydrogen-bond donors (Lipinski definition) is 0. The normalized spacial score (nSPS) is 11.8. The number of benzene rings is 8. The summed E-state index contributed by atoms with van der Waals surface area (Å²) in [5.74, 6) is 0. The fraction of sp³-hybridized carbons (Fsp3) is 0.0196. The Kier molecular flexibility index (Phi) is 7.40. The Labute approximate surface area is 309 Å². The van der Waals surface area contributed by atoms with Gasteiger partial charge in [0, 0.05) is 32.9 Å². The molecule has 0 aliphatic heterocycles. The summed E-state index contributed by atoms with van der Waals surface area (Å²) >= 11 is 0. The molecule has 0 fully saturated rings. The second-order valence-electron chi connectivity index (χ2n) is 13.9. The van der Waals surface area contributed by atoms with Crippen LogP contribution in [-0.2, 0) is 0 Å². The number of hydrogen-bond acceptors (Lipinski definition) is 0. The minimum Gasteiger partial charge on any atom is -0.309 e. The highest BCUT2D eigenvalue weighted by molar-refractivity contribution is 6.11. The van der Waals surface area contributed by atoms with Crippen LogP contribution in [0.5, 0.6) is 0 Å². The van der Waals surface area contributed by atoms with Crippen molar-refractivity contribution in [3.63, 3.8) is 0 Å². The van der Waals surface area contributed by atoms with Crippen LogP contribution in [0.15, 0.2) is 188 Å². The van der Waals surface area contributed by atoms with Gasteiger partial charge in [0.1, 0.15) is 0 Å². The molecule has 0 aliphatic carbocycles. The molecule has 0 saturated carbocycles. The third-order valence-electron chi connectivity index (χ3n) is 10.7. The molecular formula is C51H36N2. The lowest BCUT2D eigenvalue weighted by molar-refractivity contribution is 1.15. The zero-order valence-electron chi connectivity index (χ0n) is 29.4. The summed E-state index contributed by atoms with van der Waals surface area (Å²) in [5.41, 5.74) is 15.8. The highest BCUT2D eigenvalue weighted by atomic mass is 15.0. The molecule has 2 heteroatoms. The zero-order chi connectivity index (χ0) is 35.3. The van der Waals surface area contributed by atoms with Gasteiger partial charge < -0.3 is 9.13 Å². The van der Waals surface area contributed by atoms with Gasteiger partial charge in [0.15, 0.2) is 0 Å². The van der Waals surface area contributed by atoms with Crippen molar-refractivity contribution in [2.45, 2.75) is 6.92 Å². The van der Waals surface area contributed by atoms with Gasteiger partial charge in [-0.15, -0.1) is 0 Å². The Morgan fingerprint density at radius 1 is 0.340 bits per heavy atom. The minimum atomic E-state index is 1.18. The molecule has 250 valence electrons. The van der Waals surface area contributed by atoms with E-state index in [4.69, 9.17) is 0 Å². The van der Waals surface area contributed by atoms with Crippen LogP contribution in [-0.4, -0.2) is 9.13 Å². The predicted octanol–water partition coefficient (Wildman–Crippen LogP) is 13.7. The maximum absolute atomic E-state index is 2.40. The van der Waals surface area contributed by atoms with E-state index in [1.165, 1.54) is 93.9 Å². The molecule has 8 aromatic carbocycles. The van der Waals surface area contributed by atoms with Crippen LogP contribution in [0.2, 0.25) is 0 Å². The van der Waals surface area contributed by atoms with Crippen LogP contribution in [0.1, 0.15) is 16.7 Å². The first kappa shape index (κ1) is 30.9. The van der Waals surface area contributed by atoms with Crippen LogP contribution in [0.3, 0.4) is 0 Å². The highest BCUT2D eigenvalue weighted by Crippen LogP contribution is 2.37. The van der Waals surface area contributed by atoms with E-state index in [1.807, 2.05) is 0 Å². The SMILES string of the molecule is Cc1ccccc1-n1c2ccccc2c2cc(-c3ccc(/C=C/c4ccc(-c5ccc6c(c5)c5ccccc5n6-c5ccccc5)cc4)cc3)ccc21. The van der Waals surface area contributed by atoms with Crippen molar-refractivity contribution in [2.24, 2.45) is 0 Å². The Bertz CT molecular complexity index is 2980. The molecule has 53 heavy (non-hydrogen) atoms. The molecule has 2 aromatic heterocycles. The number of nitrogens with zero attached hydrogens (tertiary/aromatic N) is 2. The molecular weight excluding hydrogens is 641 g/mol. The fourth-order valence-corrected chi connectivity index (χ4v) is 8.00. The summed E-state index contributed by atoms with van der Waals surface area (Å²) in [6.07, 6.45) is 4.39. The highest BCUT2D eigenvalue weighted by Gasteiger charge is 2.15. The van der Waals surface area contributed by atoms with Gasteiger partial charge in [0.25, 0.3) is 0 Å². The second kappa shape index (κ2) is 12.7. The zero-order valence-corrected chi connectivity index (χ0v) is 29.4. The van der Waals surface area contributed by atoms with Crippen LogP contribution in [0, 0.1) is 6.92 Å². The number of para-hydroxylation sites is 4. The maximum atomic E-state index is 2.40. The first-order valence-corrected chi connectivity index (χ1v) is 18.3. The Balaban J connectivity index is 0.908. The molecule has 10 aromatic rings. The van der Waals surface area contributed by atoms with Crippen molar-refractivity contribution >= 4 is 55.8 Å². The van der Waals surface area contributed by atoms with Crippen LogP contribution < -0.4 is 0 Å². The third kappa shape index (κ3) is 5.35. The summed E-state index contributed by atoms with van der Waals surface area (Å²) in [5, 5.41) is 5.08. The molecule has 0 aliphatic rings. The second-order valence-corrected chi connectivity index (χ2v) is 13.9. The van der Waals surface area contributed by atoms with E-state index in [9.17, 15) is 0 Å². The molecule has 0 saturated heterocycles. The summed E-state index contributed by atoms with van der Waals surface area (Å²) in [6.45, 7) is 2.18. The number of rotatable bonds is 6. The molecule has 0 bridgehead atoms. The van der Waals surface area contributed by atoms with Gasteiger partial charge in [-0.25, -0.2) is 0 Å². The van der Waals surface area contributed by atoms with Crippen molar-refractivity contribution in [2.75, 3.05) is 0 Å². The van der Waals surface area contributed by atoms with Gasteiger partial charge in [-0.05, 0) is 100 Å². The lowest BCUT2D eigenvalue weighted by atomic mass is 10.00. The van der Waals surface area contributed by atoms with E-state index < -0.39 is 0 Å². The summed E-state index contributed by atoms with van der Waals surface area (Å²) in [4.78, 5) is 0. The largest absolute Gasteiger partial charge is 0.309 e. The number of aryl methyl sites for hydroxylation is 1. The molecule has 0 spiro atoms. The number of fused-ring (bicyclic) bond motifs is 6. The van der Waals surface area contributed by atoms with Crippen LogP contribution in [0.4, 0.5) is 0 Å². The van der Waals surface area contributed by atoms with Crippen molar-refractivity contribution in [3.8, 4) is 33.6 Å². The Hall–Kier alpha value is -6.90. The Morgan fingerprint density at radius 3 is 1.34 bits per heavy atom. The first-order chi connectivity index (χ1) is 26.2. The van der Waals surface area contributed by atoms with Gasteiger partial charge in [-0.1, -0.05) is 146 Å². The third-order valence-corrected chi connectivity index (χ3v) is 10.7.